The number of benzene rings is 1. The molecule has 0 amide bonds. The normalized spacial score (nSPS) is 24.6. The Bertz CT molecular complexity index is 398. The molecule has 98 valence electrons. The number of rotatable bonds is 5. The van der Waals surface area contributed by atoms with Gasteiger partial charge in [-0.25, -0.2) is 0 Å². The smallest absolute Gasteiger partial charge is 0.0236 e. The van der Waals surface area contributed by atoms with Crippen LogP contribution in [0.1, 0.15) is 36.3 Å². The lowest BCUT2D eigenvalue weighted by atomic mass is 10.0. The topological polar surface area (TPSA) is 15.3 Å². The molecule has 2 aliphatic rings. The Morgan fingerprint density at radius 3 is 2.83 bits per heavy atom. The van der Waals surface area contributed by atoms with Crippen LogP contribution in [0.15, 0.2) is 24.3 Å². The Morgan fingerprint density at radius 2 is 2.06 bits per heavy atom. The molecule has 1 atom stereocenters. The maximum Gasteiger partial charge on any atom is 0.0236 e. The predicted molar refractivity (Wildman–Crippen MR) is 75.7 cm³/mol. The van der Waals surface area contributed by atoms with E-state index in [4.69, 9.17) is 0 Å². The summed E-state index contributed by atoms with van der Waals surface area (Å²) < 4.78 is 0. The summed E-state index contributed by atoms with van der Waals surface area (Å²) in [5.74, 6) is 1.72. The number of nitrogens with zero attached hydrogens (tertiary/aromatic N) is 1. The first-order valence-electron chi connectivity index (χ1n) is 7.31. The van der Waals surface area contributed by atoms with Crippen molar-refractivity contribution in [3.05, 3.63) is 35.4 Å². The average Bonchev–Trinajstić information content (AvgIpc) is 3.13. The molecule has 0 aromatic heterocycles. The molecule has 1 saturated heterocycles. The summed E-state index contributed by atoms with van der Waals surface area (Å²) in [6.45, 7) is 4.86. The van der Waals surface area contributed by atoms with Gasteiger partial charge < -0.3 is 5.32 Å². The van der Waals surface area contributed by atoms with Crippen molar-refractivity contribution in [2.24, 2.45) is 5.92 Å². The standard InChI is InChI=1S/C16H24N2/c1-17-10-13-8-9-18(11-13)12-15-4-2-3-5-16(15)14-6-7-14/h2-5,13-14,17H,6-12H2,1H3. The first kappa shape index (κ1) is 12.2. The molecule has 1 aliphatic heterocycles. The van der Waals surface area contributed by atoms with E-state index in [9.17, 15) is 0 Å². The van der Waals surface area contributed by atoms with Crippen LogP contribution in [0, 0.1) is 5.92 Å². The van der Waals surface area contributed by atoms with Gasteiger partial charge in [0, 0.05) is 13.1 Å². The van der Waals surface area contributed by atoms with Crippen LogP contribution in [0.4, 0.5) is 0 Å². The zero-order chi connectivity index (χ0) is 12.4. The van der Waals surface area contributed by atoms with Gasteiger partial charge in [-0.1, -0.05) is 24.3 Å². The first-order chi connectivity index (χ1) is 8.86. The second-order valence-electron chi connectivity index (χ2n) is 5.92. The Hall–Kier alpha value is -0.860. The quantitative estimate of drug-likeness (QED) is 0.856. The van der Waals surface area contributed by atoms with Crippen LogP contribution in [0.2, 0.25) is 0 Å². The fourth-order valence-electron chi connectivity index (χ4n) is 3.22. The molecule has 1 unspecified atom stereocenters. The zero-order valence-corrected chi connectivity index (χ0v) is 11.4. The van der Waals surface area contributed by atoms with E-state index in [1.165, 1.54) is 38.9 Å². The van der Waals surface area contributed by atoms with Crippen molar-refractivity contribution in [3.8, 4) is 0 Å². The second kappa shape index (κ2) is 5.41. The van der Waals surface area contributed by atoms with Gasteiger partial charge in [-0.3, -0.25) is 4.90 Å². The molecule has 0 radical (unpaired) electrons. The monoisotopic (exact) mass is 244 g/mol. The van der Waals surface area contributed by atoms with E-state index < -0.39 is 0 Å². The summed E-state index contributed by atoms with van der Waals surface area (Å²) in [4.78, 5) is 2.63. The Balaban J connectivity index is 1.63. The van der Waals surface area contributed by atoms with E-state index in [2.05, 4.69) is 41.5 Å². The molecule has 1 aromatic carbocycles. The molecular formula is C16H24N2. The zero-order valence-electron chi connectivity index (χ0n) is 11.4. The highest BCUT2D eigenvalue weighted by Crippen LogP contribution is 2.41. The van der Waals surface area contributed by atoms with Gasteiger partial charge in [0.2, 0.25) is 0 Å². The van der Waals surface area contributed by atoms with Gasteiger partial charge in [-0.15, -0.1) is 0 Å². The molecule has 1 aromatic rings. The minimum Gasteiger partial charge on any atom is -0.319 e. The van der Waals surface area contributed by atoms with Gasteiger partial charge in [0.1, 0.15) is 0 Å². The third kappa shape index (κ3) is 2.76. The van der Waals surface area contributed by atoms with Crippen molar-refractivity contribution >= 4 is 0 Å². The largest absolute Gasteiger partial charge is 0.319 e. The second-order valence-corrected chi connectivity index (χ2v) is 5.92. The minimum absolute atomic E-state index is 0.850. The van der Waals surface area contributed by atoms with Crippen LogP contribution in [-0.2, 0) is 6.54 Å². The molecule has 2 fully saturated rings. The third-order valence-corrected chi connectivity index (χ3v) is 4.33. The van der Waals surface area contributed by atoms with Gasteiger partial charge >= 0.3 is 0 Å². The van der Waals surface area contributed by atoms with Crippen molar-refractivity contribution in [2.75, 3.05) is 26.7 Å². The Morgan fingerprint density at radius 1 is 1.22 bits per heavy atom. The number of likely N-dealkylation sites (tertiary alicyclic amines) is 1. The molecule has 0 bridgehead atoms. The molecule has 1 heterocycles. The molecule has 2 nitrogen and oxygen atoms in total. The minimum atomic E-state index is 0.850. The lowest BCUT2D eigenvalue weighted by Crippen LogP contribution is -2.24. The third-order valence-electron chi connectivity index (χ3n) is 4.33. The summed E-state index contributed by atoms with van der Waals surface area (Å²) in [6, 6.07) is 9.07. The van der Waals surface area contributed by atoms with Crippen molar-refractivity contribution in [3.63, 3.8) is 0 Å². The SMILES string of the molecule is CNCC1CCN(Cc2ccccc2C2CC2)C1. The van der Waals surface area contributed by atoms with E-state index >= 15 is 0 Å². The van der Waals surface area contributed by atoms with E-state index in [0.29, 0.717) is 0 Å². The molecule has 18 heavy (non-hydrogen) atoms. The summed E-state index contributed by atoms with van der Waals surface area (Å²) in [5.41, 5.74) is 3.19. The fourth-order valence-corrected chi connectivity index (χ4v) is 3.22. The molecular weight excluding hydrogens is 220 g/mol. The molecule has 2 heteroatoms. The van der Waals surface area contributed by atoms with Crippen LogP contribution in [0.25, 0.3) is 0 Å². The Kier molecular flexibility index (Phi) is 3.67. The first-order valence-corrected chi connectivity index (χ1v) is 7.31. The van der Waals surface area contributed by atoms with Crippen LogP contribution < -0.4 is 5.32 Å². The summed E-state index contributed by atoms with van der Waals surface area (Å²) in [7, 11) is 2.06. The van der Waals surface area contributed by atoms with Gasteiger partial charge in [0.05, 0.1) is 0 Å². The maximum absolute atomic E-state index is 3.31. The van der Waals surface area contributed by atoms with E-state index in [-0.39, 0.29) is 0 Å². The number of hydrogen-bond acceptors (Lipinski definition) is 2. The predicted octanol–water partition coefficient (Wildman–Crippen LogP) is 2.61. The van der Waals surface area contributed by atoms with E-state index in [1.54, 1.807) is 11.1 Å². The summed E-state index contributed by atoms with van der Waals surface area (Å²) in [5, 5.41) is 3.31. The highest BCUT2D eigenvalue weighted by Gasteiger charge is 2.27. The van der Waals surface area contributed by atoms with Gasteiger partial charge in [0.15, 0.2) is 0 Å². The maximum atomic E-state index is 3.31. The van der Waals surface area contributed by atoms with Gasteiger partial charge in [-0.2, -0.15) is 0 Å². The highest BCUT2D eigenvalue weighted by atomic mass is 15.1. The van der Waals surface area contributed by atoms with Crippen LogP contribution in [-0.4, -0.2) is 31.6 Å². The van der Waals surface area contributed by atoms with E-state index in [1.807, 2.05) is 0 Å². The molecule has 1 saturated carbocycles. The number of nitrogens with one attached hydrogen (secondary N) is 1. The number of hydrogen-bond donors (Lipinski definition) is 1. The fraction of sp³-hybridized carbons (Fsp3) is 0.625. The molecule has 3 rings (SSSR count). The van der Waals surface area contributed by atoms with Gasteiger partial charge in [0.25, 0.3) is 0 Å². The lowest BCUT2D eigenvalue weighted by Gasteiger charge is -2.18. The molecule has 1 aliphatic carbocycles. The molecule has 0 spiro atoms. The highest BCUT2D eigenvalue weighted by molar-refractivity contribution is 5.33. The van der Waals surface area contributed by atoms with Crippen LogP contribution in [0.3, 0.4) is 0 Å². The summed E-state index contributed by atoms with van der Waals surface area (Å²) >= 11 is 0. The Labute approximate surface area is 110 Å². The van der Waals surface area contributed by atoms with Crippen molar-refractivity contribution in [1.29, 1.82) is 0 Å². The van der Waals surface area contributed by atoms with Crippen molar-refractivity contribution in [1.82, 2.24) is 10.2 Å². The van der Waals surface area contributed by atoms with Gasteiger partial charge in [-0.05, 0) is 62.4 Å². The summed E-state index contributed by atoms with van der Waals surface area (Å²) in [6.07, 6.45) is 4.16. The van der Waals surface area contributed by atoms with Crippen molar-refractivity contribution in [2.45, 2.75) is 31.7 Å². The lowest BCUT2D eigenvalue weighted by molar-refractivity contribution is 0.314. The van der Waals surface area contributed by atoms with E-state index in [0.717, 1.165) is 18.4 Å². The average molecular weight is 244 g/mol. The molecule has 1 N–H and O–H groups in total. The van der Waals surface area contributed by atoms with Crippen LogP contribution >= 0.6 is 0 Å². The van der Waals surface area contributed by atoms with Crippen molar-refractivity contribution < 1.29 is 0 Å². The van der Waals surface area contributed by atoms with Crippen LogP contribution in [0.5, 0.6) is 0 Å².